The van der Waals surface area contributed by atoms with Gasteiger partial charge in [-0.3, -0.25) is 0 Å². The Hall–Kier alpha value is -1.86. The van der Waals surface area contributed by atoms with Gasteiger partial charge in [-0.25, -0.2) is 0 Å². The van der Waals surface area contributed by atoms with Crippen molar-refractivity contribution >= 4 is 24.0 Å². The SMILES string of the molecule is C[Si](C)(CCCCc1cccc2ccccc12)c1ccccc1. The van der Waals surface area contributed by atoms with Gasteiger partial charge in [-0.1, -0.05) is 104 Å². The molecule has 0 aromatic heterocycles. The molecule has 0 unspecified atom stereocenters. The normalized spacial score (nSPS) is 11.7. The number of benzene rings is 3. The van der Waals surface area contributed by atoms with E-state index in [4.69, 9.17) is 0 Å². The first-order valence-corrected chi connectivity index (χ1v) is 11.9. The van der Waals surface area contributed by atoms with E-state index in [9.17, 15) is 0 Å². The molecule has 0 spiro atoms. The van der Waals surface area contributed by atoms with Gasteiger partial charge in [0.05, 0.1) is 8.07 Å². The third-order valence-corrected chi connectivity index (χ3v) is 8.43. The Balaban J connectivity index is 1.59. The summed E-state index contributed by atoms with van der Waals surface area (Å²) in [6, 6.07) is 27.9. The maximum absolute atomic E-state index is 2.50. The summed E-state index contributed by atoms with van der Waals surface area (Å²) >= 11 is 0. The average Bonchev–Trinajstić information content (AvgIpc) is 2.59. The fraction of sp³-hybridized carbons (Fsp3) is 0.273. The third-order valence-electron chi connectivity index (χ3n) is 4.93. The fourth-order valence-corrected chi connectivity index (χ4v) is 5.94. The molecule has 3 aromatic carbocycles. The summed E-state index contributed by atoms with van der Waals surface area (Å²) in [6.45, 7) is 5.00. The molecule has 1 heteroatoms. The largest absolute Gasteiger partial charge is 0.0806 e. The molecule has 118 valence electrons. The molecule has 3 rings (SSSR count). The number of unbranched alkanes of at least 4 members (excludes halogenated alkanes) is 1. The van der Waals surface area contributed by atoms with Crippen molar-refractivity contribution in [3.8, 4) is 0 Å². The number of hydrogen-bond donors (Lipinski definition) is 0. The Morgan fingerprint density at radius 2 is 1.39 bits per heavy atom. The van der Waals surface area contributed by atoms with Gasteiger partial charge in [0.2, 0.25) is 0 Å². The molecule has 0 atom stereocenters. The van der Waals surface area contributed by atoms with Crippen molar-refractivity contribution in [1.82, 2.24) is 0 Å². The van der Waals surface area contributed by atoms with Crippen LogP contribution in [0, 0.1) is 0 Å². The zero-order valence-corrected chi connectivity index (χ0v) is 15.3. The summed E-state index contributed by atoms with van der Waals surface area (Å²) in [4.78, 5) is 0. The van der Waals surface area contributed by atoms with Crippen LogP contribution in [0.3, 0.4) is 0 Å². The summed E-state index contributed by atoms with van der Waals surface area (Å²) in [5.74, 6) is 0. The first-order chi connectivity index (χ1) is 11.2. The molecule has 0 nitrogen and oxygen atoms in total. The molecule has 0 aliphatic heterocycles. The monoisotopic (exact) mass is 318 g/mol. The lowest BCUT2D eigenvalue weighted by Crippen LogP contribution is -2.40. The Morgan fingerprint density at radius 3 is 2.22 bits per heavy atom. The first-order valence-electron chi connectivity index (χ1n) is 8.69. The van der Waals surface area contributed by atoms with Gasteiger partial charge < -0.3 is 0 Å². The quantitative estimate of drug-likeness (QED) is 0.399. The zero-order valence-electron chi connectivity index (χ0n) is 14.3. The molecule has 0 aliphatic carbocycles. The molecule has 0 radical (unpaired) electrons. The second kappa shape index (κ2) is 7.14. The number of rotatable bonds is 6. The molecular formula is C22H26Si. The molecule has 0 amide bonds. The summed E-state index contributed by atoms with van der Waals surface area (Å²) in [5.41, 5.74) is 1.50. The number of hydrogen-bond acceptors (Lipinski definition) is 0. The smallest absolute Gasteiger partial charge is 0.0654 e. The summed E-state index contributed by atoms with van der Waals surface area (Å²) in [7, 11) is -1.27. The van der Waals surface area contributed by atoms with E-state index in [2.05, 4.69) is 85.9 Å². The third kappa shape index (κ3) is 3.91. The van der Waals surface area contributed by atoms with Crippen LogP contribution in [0.25, 0.3) is 10.8 Å². The van der Waals surface area contributed by atoms with E-state index in [1.807, 2.05) is 0 Å². The minimum absolute atomic E-state index is 1.20. The van der Waals surface area contributed by atoms with Gasteiger partial charge in [0.25, 0.3) is 0 Å². The molecule has 3 aromatic rings. The van der Waals surface area contributed by atoms with E-state index in [1.54, 1.807) is 5.19 Å². The predicted octanol–water partition coefficient (Wildman–Crippen LogP) is 5.78. The van der Waals surface area contributed by atoms with Crippen molar-refractivity contribution in [2.75, 3.05) is 0 Å². The maximum atomic E-state index is 2.50. The van der Waals surface area contributed by atoms with Crippen LogP contribution in [-0.2, 0) is 6.42 Å². The highest BCUT2D eigenvalue weighted by Crippen LogP contribution is 2.21. The Morgan fingerprint density at radius 1 is 0.696 bits per heavy atom. The highest BCUT2D eigenvalue weighted by atomic mass is 28.3. The number of aryl methyl sites for hydroxylation is 1. The van der Waals surface area contributed by atoms with Gasteiger partial charge in [-0.2, -0.15) is 0 Å². The standard InChI is InChI=1S/C22H26Si/c1-23(2,21-15-4-3-5-16-21)18-9-8-12-20-14-10-13-19-11-6-7-17-22(19)20/h3-7,10-11,13-17H,8-9,12,18H2,1-2H3. The van der Waals surface area contributed by atoms with Gasteiger partial charge >= 0.3 is 0 Å². The van der Waals surface area contributed by atoms with E-state index >= 15 is 0 Å². The van der Waals surface area contributed by atoms with Crippen LogP contribution in [0.1, 0.15) is 18.4 Å². The summed E-state index contributed by atoms with van der Waals surface area (Å²) < 4.78 is 0. The lowest BCUT2D eigenvalue weighted by Gasteiger charge is -2.22. The van der Waals surface area contributed by atoms with Crippen molar-refractivity contribution in [2.45, 2.75) is 38.4 Å². The Kier molecular flexibility index (Phi) is 4.97. The molecule has 0 saturated heterocycles. The molecule has 0 N–H and O–H groups in total. The predicted molar refractivity (Wildman–Crippen MR) is 105 cm³/mol. The highest BCUT2D eigenvalue weighted by Gasteiger charge is 2.22. The van der Waals surface area contributed by atoms with Gasteiger partial charge in [0.1, 0.15) is 0 Å². The van der Waals surface area contributed by atoms with Crippen molar-refractivity contribution < 1.29 is 0 Å². The minimum atomic E-state index is -1.27. The molecule has 0 saturated carbocycles. The van der Waals surface area contributed by atoms with E-state index in [0.717, 1.165) is 0 Å². The van der Waals surface area contributed by atoms with E-state index in [-0.39, 0.29) is 0 Å². The van der Waals surface area contributed by atoms with Crippen molar-refractivity contribution in [3.63, 3.8) is 0 Å². The van der Waals surface area contributed by atoms with Crippen LogP contribution < -0.4 is 5.19 Å². The second-order valence-corrected chi connectivity index (χ2v) is 11.9. The topological polar surface area (TPSA) is 0 Å². The number of fused-ring (bicyclic) bond motifs is 1. The van der Waals surface area contributed by atoms with Crippen LogP contribution in [0.4, 0.5) is 0 Å². The Bertz CT molecular complexity index is 754. The lowest BCUT2D eigenvalue weighted by molar-refractivity contribution is 0.790. The fourth-order valence-electron chi connectivity index (χ4n) is 3.43. The van der Waals surface area contributed by atoms with Crippen LogP contribution in [-0.4, -0.2) is 8.07 Å². The van der Waals surface area contributed by atoms with Gasteiger partial charge in [-0.05, 0) is 29.2 Å². The molecular weight excluding hydrogens is 292 g/mol. The minimum Gasteiger partial charge on any atom is -0.0654 e. The molecule has 0 heterocycles. The van der Waals surface area contributed by atoms with Crippen LogP contribution in [0.5, 0.6) is 0 Å². The van der Waals surface area contributed by atoms with Gasteiger partial charge in [0.15, 0.2) is 0 Å². The lowest BCUT2D eigenvalue weighted by atomic mass is 10.0. The van der Waals surface area contributed by atoms with E-state index in [1.165, 1.54) is 41.6 Å². The van der Waals surface area contributed by atoms with Crippen molar-refractivity contribution in [2.24, 2.45) is 0 Å². The average molecular weight is 319 g/mol. The van der Waals surface area contributed by atoms with Crippen molar-refractivity contribution in [3.05, 3.63) is 78.4 Å². The highest BCUT2D eigenvalue weighted by molar-refractivity contribution is 6.89. The van der Waals surface area contributed by atoms with Crippen LogP contribution >= 0.6 is 0 Å². The summed E-state index contributed by atoms with van der Waals surface area (Å²) in [6.07, 6.45) is 3.81. The summed E-state index contributed by atoms with van der Waals surface area (Å²) in [5, 5.41) is 4.38. The second-order valence-electron chi connectivity index (χ2n) is 7.10. The van der Waals surface area contributed by atoms with Gasteiger partial charge in [-0.15, -0.1) is 0 Å². The Labute approximate surface area is 141 Å². The zero-order chi connectivity index (χ0) is 16.1. The molecule has 0 bridgehead atoms. The van der Waals surface area contributed by atoms with E-state index < -0.39 is 8.07 Å². The molecule has 0 aliphatic rings. The van der Waals surface area contributed by atoms with Crippen LogP contribution in [0.15, 0.2) is 72.8 Å². The van der Waals surface area contributed by atoms with Gasteiger partial charge in [0, 0.05) is 0 Å². The molecule has 0 fully saturated rings. The maximum Gasteiger partial charge on any atom is 0.0806 e. The van der Waals surface area contributed by atoms with Crippen molar-refractivity contribution in [1.29, 1.82) is 0 Å². The first kappa shape index (κ1) is 16.0. The van der Waals surface area contributed by atoms with E-state index in [0.29, 0.717) is 0 Å². The molecule has 23 heavy (non-hydrogen) atoms. The van der Waals surface area contributed by atoms with Crippen LogP contribution in [0.2, 0.25) is 19.1 Å².